The molecule has 0 spiro atoms. The average Bonchev–Trinajstić information content (AvgIpc) is 2.58. The van der Waals surface area contributed by atoms with Crippen LogP contribution in [0, 0.1) is 5.92 Å². The Labute approximate surface area is 136 Å². The molecule has 0 saturated carbocycles. The van der Waals surface area contributed by atoms with Gasteiger partial charge in [0.15, 0.2) is 5.78 Å². The lowest BCUT2D eigenvalue weighted by atomic mass is 9.87. The van der Waals surface area contributed by atoms with Crippen LogP contribution in [-0.2, 0) is 9.53 Å². The predicted octanol–water partition coefficient (Wildman–Crippen LogP) is 4.37. The number of Topliss-reactive ketones (excluding diaryl/α,β-unsaturated/α-hetero) is 1. The van der Waals surface area contributed by atoms with E-state index in [0.29, 0.717) is 5.57 Å². The highest BCUT2D eigenvalue weighted by atomic mass is 16.5. The second kappa shape index (κ2) is 8.59. The third kappa shape index (κ3) is 4.33. The normalized spacial score (nSPS) is 22.3. The van der Waals surface area contributed by atoms with Gasteiger partial charge in [0.2, 0.25) is 0 Å². The number of aliphatic hydroxyl groups excluding tert-OH is 1. The molecule has 0 aliphatic carbocycles. The second-order valence-corrected chi connectivity index (χ2v) is 5.03. The van der Waals surface area contributed by atoms with Crippen LogP contribution in [0.2, 0.25) is 0 Å². The molecule has 1 heterocycles. The first-order valence-corrected chi connectivity index (χ1v) is 7.50. The summed E-state index contributed by atoms with van der Waals surface area (Å²) in [6.07, 6.45) is 14.5. The van der Waals surface area contributed by atoms with E-state index in [1.54, 1.807) is 24.5 Å². The topological polar surface area (TPSA) is 46.5 Å². The second-order valence-electron chi connectivity index (χ2n) is 5.03. The van der Waals surface area contributed by atoms with Crippen molar-refractivity contribution in [1.82, 2.24) is 0 Å². The van der Waals surface area contributed by atoms with Crippen LogP contribution in [0.1, 0.15) is 12.5 Å². The first kappa shape index (κ1) is 16.6. The fraction of sp³-hybridized carbons (Fsp3) is 0.150. The maximum atomic E-state index is 12.8. The highest BCUT2D eigenvalue weighted by molar-refractivity contribution is 6.22. The number of carbonyl (C=O) groups excluding carboxylic acids is 1. The highest BCUT2D eigenvalue weighted by Crippen LogP contribution is 2.29. The minimum Gasteiger partial charge on any atom is -0.516 e. The lowest BCUT2D eigenvalue weighted by molar-refractivity contribution is -0.119. The van der Waals surface area contributed by atoms with Crippen LogP contribution in [0.5, 0.6) is 0 Å². The van der Waals surface area contributed by atoms with E-state index in [4.69, 9.17) is 9.84 Å². The standard InChI is InChI=1S/C20H20O3/c1-2-10-19-17(13-8-3-4-9-14-21)20(22)18(15-23-19)16-11-6-5-7-12-16/h2-15,17,19,21H,1H3/b4-3-,10-2-,13-8+,14-9+. The van der Waals surface area contributed by atoms with Gasteiger partial charge < -0.3 is 9.84 Å². The summed E-state index contributed by atoms with van der Waals surface area (Å²) in [6, 6.07) is 9.51. The molecule has 2 rings (SSSR count). The number of allylic oxidation sites excluding steroid dienone is 6. The molecule has 118 valence electrons. The van der Waals surface area contributed by atoms with Gasteiger partial charge >= 0.3 is 0 Å². The number of benzene rings is 1. The van der Waals surface area contributed by atoms with Crippen LogP contribution >= 0.6 is 0 Å². The minimum atomic E-state index is -0.380. The van der Waals surface area contributed by atoms with E-state index in [0.717, 1.165) is 11.8 Å². The summed E-state index contributed by atoms with van der Waals surface area (Å²) < 4.78 is 5.75. The van der Waals surface area contributed by atoms with Crippen molar-refractivity contribution >= 4 is 11.4 Å². The van der Waals surface area contributed by atoms with E-state index in [1.165, 1.54) is 6.08 Å². The van der Waals surface area contributed by atoms with Gasteiger partial charge in [-0.15, -0.1) is 0 Å². The molecule has 0 amide bonds. The van der Waals surface area contributed by atoms with E-state index in [2.05, 4.69) is 0 Å². The van der Waals surface area contributed by atoms with Gasteiger partial charge in [0.1, 0.15) is 6.10 Å². The van der Waals surface area contributed by atoms with E-state index < -0.39 is 0 Å². The van der Waals surface area contributed by atoms with Gasteiger partial charge in [0.25, 0.3) is 0 Å². The summed E-state index contributed by atoms with van der Waals surface area (Å²) >= 11 is 0. The maximum Gasteiger partial charge on any atom is 0.177 e. The van der Waals surface area contributed by atoms with Crippen molar-refractivity contribution in [2.75, 3.05) is 0 Å². The third-order valence-corrected chi connectivity index (χ3v) is 3.47. The molecule has 1 N–H and O–H groups in total. The molecular weight excluding hydrogens is 288 g/mol. The van der Waals surface area contributed by atoms with Crippen molar-refractivity contribution in [3.63, 3.8) is 0 Å². The molecule has 1 aliphatic rings. The molecule has 1 aromatic rings. The molecule has 0 bridgehead atoms. The van der Waals surface area contributed by atoms with Crippen LogP contribution < -0.4 is 0 Å². The molecule has 3 nitrogen and oxygen atoms in total. The molecule has 1 aromatic carbocycles. The number of hydrogen-bond donors (Lipinski definition) is 1. The van der Waals surface area contributed by atoms with Crippen molar-refractivity contribution in [3.8, 4) is 0 Å². The predicted molar refractivity (Wildman–Crippen MR) is 92.7 cm³/mol. The molecular formula is C20H20O3. The maximum absolute atomic E-state index is 12.8. The Morgan fingerprint density at radius 3 is 2.48 bits per heavy atom. The monoisotopic (exact) mass is 308 g/mol. The summed E-state index contributed by atoms with van der Waals surface area (Å²) in [7, 11) is 0. The Kier molecular flexibility index (Phi) is 6.18. The van der Waals surface area contributed by atoms with Crippen molar-refractivity contribution in [2.24, 2.45) is 5.92 Å². The Balaban J connectivity index is 2.26. The lowest BCUT2D eigenvalue weighted by Gasteiger charge is -2.26. The van der Waals surface area contributed by atoms with Crippen molar-refractivity contribution in [2.45, 2.75) is 13.0 Å². The number of hydrogen-bond acceptors (Lipinski definition) is 3. The number of carbonyl (C=O) groups is 1. The SMILES string of the molecule is C/C=C\C1OC=C(c2ccccc2)C(=O)C1/C=C/C=C\C=C\O. The fourth-order valence-electron chi connectivity index (χ4n) is 2.36. The third-order valence-electron chi connectivity index (χ3n) is 3.47. The molecule has 1 aliphatic heterocycles. The Hall–Kier alpha value is -2.81. The lowest BCUT2D eigenvalue weighted by Crippen LogP contribution is -2.31. The number of aliphatic hydroxyl groups is 1. The highest BCUT2D eigenvalue weighted by Gasteiger charge is 2.32. The van der Waals surface area contributed by atoms with Crippen LogP contribution in [0.3, 0.4) is 0 Å². The van der Waals surface area contributed by atoms with Gasteiger partial charge in [-0.2, -0.15) is 0 Å². The van der Waals surface area contributed by atoms with Gasteiger partial charge in [-0.1, -0.05) is 60.7 Å². The van der Waals surface area contributed by atoms with Crippen LogP contribution in [0.25, 0.3) is 5.57 Å². The van der Waals surface area contributed by atoms with Gasteiger partial charge in [-0.3, -0.25) is 4.79 Å². The zero-order valence-electron chi connectivity index (χ0n) is 13.0. The minimum absolute atomic E-state index is 0.0351. The fourth-order valence-corrected chi connectivity index (χ4v) is 2.36. The van der Waals surface area contributed by atoms with Crippen LogP contribution in [0.4, 0.5) is 0 Å². The zero-order chi connectivity index (χ0) is 16.5. The Morgan fingerprint density at radius 1 is 1.04 bits per heavy atom. The van der Waals surface area contributed by atoms with Gasteiger partial charge in [0.05, 0.1) is 24.0 Å². The largest absolute Gasteiger partial charge is 0.516 e. The van der Waals surface area contributed by atoms with E-state index >= 15 is 0 Å². The summed E-state index contributed by atoms with van der Waals surface area (Å²) in [6.45, 7) is 1.90. The smallest absolute Gasteiger partial charge is 0.177 e. The molecule has 2 unspecified atom stereocenters. The summed E-state index contributed by atoms with van der Waals surface area (Å²) in [5.41, 5.74) is 1.44. The molecule has 0 saturated heterocycles. The summed E-state index contributed by atoms with van der Waals surface area (Å²) in [5, 5.41) is 8.58. The molecule has 3 heteroatoms. The van der Waals surface area contributed by atoms with Crippen molar-refractivity contribution < 1.29 is 14.6 Å². The average molecular weight is 308 g/mol. The van der Waals surface area contributed by atoms with E-state index in [-0.39, 0.29) is 17.8 Å². The molecule has 0 radical (unpaired) electrons. The summed E-state index contributed by atoms with van der Waals surface area (Å²) in [5.74, 6) is -0.345. The van der Waals surface area contributed by atoms with Crippen molar-refractivity contribution in [3.05, 3.63) is 91.0 Å². The van der Waals surface area contributed by atoms with Gasteiger partial charge in [0, 0.05) is 0 Å². The summed E-state index contributed by atoms with van der Waals surface area (Å²) in [4.78, 5) is 12.8. The zero-order valence-corrected chi connectivity index (χ0v) is 13.0. The van der Waals surface area contributed by atoms with E-state index in [1.807, 2.05) is 55.5 Å². The first-order chi connectivity index (χ1) is 11.3. The molecule has 0 fully saturated rings. The number of ketones is 1. The quantitative estimate of drug-likeness (QED) is 0.499. The number of ether oxygens (including phenoxy) is 1. The Bertz CT molecular complexity index is 663. The number of rotatable bonds is 5. The molecule has 0 aromatic heterocycles. The van der Waals surface area contributed by atoms with Crippen LogP contribution in [0.15, 0.2) is 85.4 Å². The first-order valence-electron chi connectivity index (χ1n) is 7.50. The molecule has 23 heavy (non-hydrogen) atoms. The van der Waals surface area contributed by atoms with Gasteiger partial charge in [-0.05, 0) is 24.6 Å². The van der Waals surface area contributed by atoms with E-state index in [9.17, 15) is 4.79 Å². The molecule has 2 atom stereocenters. The van der Waals surface area contributed by atoms with Crippen LogP contribution in [-0.4, -0.2) is 17.0 Å². The van der Waals surface area contributed by atoms with Crippen molar-refractivity contribution in [1.29, 1.82) is 0 Å². The Morgan fingerprint density at radius 2 is 1.78 bits per heavy atom. The van der Waals surface area contributed by atoms with Gasteiger partial charge in [-0.25, -0.2) is 0 Å².